The maximum atomic E-state index is 13.4. The molecule has 2 heterocycles. The van der Waals surface area contributed by atoms with Crippen molar-refractivity contribution in [3.05, 3.63) is 83.2 Å². The summed E-state index contributed by atoms with van der Waals surface area (Å²) in [7, 11) is 0. The number of morpholine rings is 1. The van der Waals surface area contributed by atoms with Crippen molar-refractivity contribution in [1.82, 2.24) is 20.0 Å². The molecule has 3 aromatic rings. The Hall–Kier alpha value is -2.96. The van der Waals surface area contributed by atoms with Gasteiger partial charge in [0.25, 0.3) is 5.91 Å². The number of amides is 1. The van der Waals surface area contributed by atoms with Gasteiger partial charge in [0.2, 0.25) is 0 Å². The fourth-order valence-electron chi connectivity index (χ4n) is 4.59. The molecule has 1 amide bonds. The van der Waals surface area contributed by atoms with Crippen LogP contribution < -0.4 is 5.32 Å². The van der Waals surface area contributed by atoms with Crippen molar-refractivity contribution in [1.29, 1.82) is 0 Å². The molecule has 1 N–H and O–H groups in total. The van der Waals surface area contributed by atoms with Crippen LogP contribution in [0.25, 0.3) is 5.69 Å². The van der Waals surface area contributed by atoms with E-state index in [1.54, 1.807) is 0 Å². The molecule has 5 rings (SSSR count). The van der Waals surface area contributed by atoms with E-state index < -0.39 is 0 Å². The summed E-state index contributed by atoms with van der Waals surface area (Å²) in [5.41, 5.74) is 4.95. The second kappa shape index (κ2) is 9.04. The van der Waals surface area contributed by atoms with Crippen LogP contribution in [-0.2, 0) is 17.6 Å². The zero-order chi connectivity index (χ0) is 21.0. The molecular formula is C25H28N4O2. The minimum Gasteiger partial charge on any atom is -0.379 e. The van der Waals surface area contributed by atoms with Crippen molar-refractivity contribution in [2.75, 3.05) is 32.8 Å². The van der Waals surface area contributed by atoms with Gasteiger partial charge in [0, 0.05) is 30.9 Å². The lowest BCUT2D eigenvalue weighted by atomic mass is 10.1. The number of aromatic nitrogens is 2. The molecule has 2 aromatic carbocycles. The summed E-state index contributed by atoms with van der Waals surface area (Å²) >= 11 is 0. The summed E-state index contributed by atoms with van der Waals surface area (Å²) in [5, 5.41) is 8.06. The Labute approximate surface area is 182 Å². The van der Waals surface area contributed by atoms with Gasteiger partial charge in [-0.05, 0) is 37.0 Å². The van der Waals surface area contributed by atoms with Crippen molar-refractivity contribution in [3.63, 3.8) is 0 Å². The van der Waals surface area contributed by atoms with E-state index in [1.165, 1.54) is 5.69 Å². The lowest BCUT2D eigenvalue weighted by Gasteiger charge is -2.31. The average molecular weight is 417 g/mol. The smallest absolute Gasteiger partial charge is 0.272 e. The highest BCUT2D eigenvalue weighted by Crippen LogP contribution is 2.28. The summed E-state index contributed by atoms with van der Waals surface area (Å²) < 4.78 is 7.45. The molecule has 160 valence electrons. The standard InChI is InChI=1S/C25H28N4O2/c30-25(24-21-12-7-13-23(21)29(27-24)20-10-5-2-6-11-20)26-22(19-8-3-1-4-9-19)18-28-14-16-31-17-15-28/h1-6,8-11,22H,7,12-18H2,(H,26,30). The van der Waals surface area contributed by atoms with Crippen molar-refractivity contribution in [2.24, 2.45) is 0 Å². The van der Waals surface area contributed by atoms with Crippen LogP contribution in [0.2, 0.25) is 0 Å². The van der Waals surface area contributed by atoms with Crippen LogP contribution in [0.3, 0.4) is 0 Å². The molecule has 0 spiro atoms. The van der Waals surface area contributed by atoms with E-state index in [9.17, 15) is 4.79 Å². The van der Waals surface area contributed by atoms with Gasteiger partial charge in [-0.3, -0.25) is 9.69 Å². The van der Waals surface area contributed by atoms with Gasteiger partial charge in [-0.15, -0.1) is 0 Å². The zero-order valence-corrected chi connectivity index (χ0v) is 17.7. The number of carbonyl (C=O) groups is 1. The highest BCUT2D eigenvalue weighted by Gasteiger charge is 2.29. The molecule has 31 heavy (non-hydrogen) atoms. The topological polar surface area (TPSA) is 59.4 Å². The van der Waals surface area contributed by atoms with Gasteiger partial charge < -0.3 is 10.1 Å². The van der Waals surface area contributed by atoms with E-state index in [0.29, 0.717) is 5.69 Å². The number of ether oxygens (including phenoxy) is 1. The summed E-state index contributed by atoms with van der Waals surface area (Å²) in [6.07, 6.45) is 2.93. The molecule has 1 aliphatic heterocycles. The summed E-state index contributed by atoms with van der Waals surface area (Å²) in [6.45, 7) is 4.02. The number of hydrogen-bond acceptors (Lipinski definition) is 4. The van der Waals surface area contributed by atoms with Crippen LogP contribution in [0, 0.1) is 0 Å². The second-order valence-corrected chi connectivity index (χ2v) is 8.22. The third kappa shape index (κ3) is 4.27. The van der Waals surface area contributed by atoms with Crippen molar-refractivity contribution in [3.8, 4) is 5.69 Å². The molecule has 6 heteroatoms. The molecular weight excluding hydrogens is 388 g/mol. The predicted molar refractivity (Wildman–Crippen MR) is 119 cm³/mol. The van der Waals surface area contributed by atoms with Gasteiger partial charge in [0.15, 0.2) is 5.69 Å². The lowest BCUT2D eigenvalue weighted by Crippen LogP contribution is -2.43. The summed E-state index contributed by atoms with van der Waals surface area (Å²) in [5.74, 6) is -0.0880. The Balaban J connectivity index is 1.42. The Kier molecular flexibility index (Phi) is 5.82. The SMILES string of the molecule is O=C(NC(CN1CCOCC1)c1ccccc1)c1nn(-c2ccccc2)c2c1CCC2. The monoisotopic (exact) mass is 416 g/mol. The highest BCUT2D eigenvalue weighted by atomic mass is 16.5. The van der Waals surface area contributed by atoms with Crippen molar-refractivity contribution < 1.29 is 9.53 Å². The molecule has 0 bridgehead atoms. The van der Waals surface area contributed by atoms with Crippen LogP contribution in [0.5, 0.6) is 0 Å². The quantitative estimate of drug-likeness (QED) is 0.671. The van der Waals surface area contributed by atoms with E-state index in [2.05, 4.69) is 22.3 Å². The molecule has 1 atom stereocenters. The molecule has 1 aromatic heterocycles. The number of rotatable bonds is 6. The largest absolute Gasteiger partial charge is 0.379 e. The van der Waals surface area contributed by atoms with Crippen LogP contribution >= 0.6 is 0 Å². The number of nitrogens with zero attached hydrogens (tertiary/aromatic N) is 3. The first-order valence-electron chi connectivity index (χ1n) is 11.1. The minimum absolute atomic E-state index is 0.0880. The molecule has 0 radical (unpaired) electrons. The van der Waals surface area contributed by atoms with Gasteiger partial charge >= 0.3 is 0 Å². The predicted octanol–water partition coefficient (Wildman–Crippen LogP) is 3.16. The molecule has 1 saturated heterocycles. The van der Waals surface area contributed by atoms with Gasteiger partial charge in [-0.1, -0.05) is 48.5 Å². The normalized spacial score (nSPS) is 17.3. The molecule has 6 nitrogen and oxygen atoms in total. The number of benzene rings is 2. The average Bonchev–Trinajstić information content (AvgIpc) is 3.43. The van der Waals surface area contributed by atoms with Crippen molar-refractivity contribution in [2.45, 2.75) is 25.3 Å². The van der Waals surface area contributed by atoms with E-state index in [4.69, 9.17) is 9.84 Å². The molecule has 0 saturated carbocycles. The van der Waals surface area contributed by atoms with Gasteiger partial charge in [0.1, 0.15) is 0 Å². The van der Waals surface area contributed by atoms with Gasteiger partial charge in [-0.2, -0.15) is 5.10 Å². The number of fused-ring (bicyclic) bond motifs is 1. The number of carbonyl (C=O) groups excluding carboxylic acids is 1. The fourth-order valence-corrected chi connectivity index (χ4v) is 4.59. The molecule has 1 fully saturated rings. The first-order chi connectivity index (χ1) is 15.3. The highest BCUT2D eigenvalue weighted by molar-refractivity contribution is 5.94. The van der Waals surface area contributed by atoms with Crippen LogP contribution in [0.4, 0.5) is 0 Å². The first-order valence-corrected chi connectivity index (χ1v) is 11.1. The van der Waals surface area contributed by atoms with E-state index in [1.807, 2.05) is 53.2 Å². The maximum absolute atomic E-state index is 13.4. The Morgan fingerprint density at radius 2 is 1.71 bits per heavy atom. The Morgan fingerprint density at radius 1 is 1.00 bits per heavy atom. The van der Waals surface area contributed by atoms with Crippen LogP contribution in [-0.4, -0.2) is 53.4 Å². The first kappa shape index (κ1) is 20.0. The van der Waals surface area contributed by atoms with Gasteiger partial charge in [-0.25, -0.2) is 4.68 Å². The lowest BCUT2D eigenvalue weighted by molar-refractivity contribution is 0.0332. The molecule has 1 aliphatic carbocycles. The molecule has 2 aliphatic rings. The Morgan fingerprint density at radius 3 is 2.45 bits per heavy atom. The Bertz CT molecular complexity index is 1030. The maximum Gasteiger partial charge on any atom is 0.272 e. The van der Waals surface area contributed by atoms with E-state index >= 15 is 0 Å². The minimum atomic E-state index is -0.0919. The van der Waals surface area contributed by atoms with E-state index in [-0.39, 0.29) is 11.9 Å². The second-order valence-electron chi connectivity index (χ2n) is 8.22. The third-order valence-electron chi connectivity index (χ3n) is 6.20. The summed E-state index contributed by atoms with van der Waals surface area (Å²) in [4.78, 5) is 15.8. The zero-order valence-electron chi connectivity index (χ0n) is 17.7. The number of para-hydroxylation sites is 1. The third-order valence-corrected chi connectivity index (χ3v) is 6.20. The fraction of sp³-hybridized carbons (Fsp3) is 0.360. The number of hydrogen-bond donors (Lipinski definition) is 1. The van der Waals surface area contributed by atoms with E-state index in [0.717, 1.165) is 68.9 Å². The van der Waals surface area contributed by atoms with Crippen molar-refractivity contribution >= 4 is 5.91 Å². The van der Waals surface area contributed by atoms with Gasteiger partial charge in [0.05, 0.1) is 24.9 Å². The summed E-state index contributed by atoms with van der Waals surface area (Å²) in [6, 6.07) is 20.2. The van der Waals surface area contributed by atoms with Crippen LogP contribution in [0.15, 0.2) is 60.7 Å². The van der Waals surface area contributed by atoms with Crippen LogP contribution in [0.1, 0.15) is 39.8 Å². The number of nitrogens with one attached hydrogen (secondary N) is 1. The molecule has 1 unspecified atom stereocenters.